The Balaban J connectivity index is 1.65. The molecule has 2 N–H and O–H groups in total. The van der Waals surface area contributed by atoms with Gasteiger partial charge in [-0.1, -0.05) is 18.2 Å². The van der Waals surface area contributed by atoms with Crippen LogP contribution in [-0.4, -0.2) is 59.7 Å². The average Bonchev–Trinajstić information content (AvgIpc) is 3.00. The van der Waals surface area contributed by atoms with Crippen LogP contribution < -0.4 is 5.32 Å². The molecule has 0 saturated carbocycles. The normalized spacial score (nSPS) is 18.9. The molecule has 2 fully saturated rings. The molecular weight excluding hydrogens is 320 g/mol. The lowest BCUT2D eigenvalue weighted by Gasteiger charge is -2.45. The van der Waals surface area contributed by atoms with Crippen molar-refractivity contribution < 1.29 is 14.4 Å². The van der Waals surface area contributed by atoms with E-state index in [9.17, 15) is 14.4 Å². The van der Waals surface area contributed by atoms with Crippen molar-refractivity contribution in [2.45, 2.75) is 13.0 Å². The SMILES string of the molecule is CN(C)Cc1[nH]c2ccccc2c1C(=O)N1CC2(CC(=O)NC2=O)C1. The summed E-state index contributed by atoms with van der Waals surface area (Å²) in [5.74, 6) is -0.599. The van der Waals surface area contributed by atoms with Gasteiger partial charge in [-0.15, -0.1) is 0 Å². The van der Waals surface area contributed by atoms with Gasteiger partial charge in [-0.3, -0.25) is 19.7 Å². The molecule has 0 atom stereocenters. The van der Waals surface area contributed by atoms with E-state index in [2.05, 4.69) is 10.3 Å². The molecule has 1 aromatic heterocycles. The Labute approximate surface area is 145 Å². The van der Waals surface area contributed by atoms with E-state index in [0.29, 0.717) is 25.2 Å². The lowest BCUT2D eigenvalue weighted by molar-refractivity contribution is -0.134. The van der Waals surface area contributed by atoms with Crippen molar-refractivity contribution in [3.63, 3.8) is 0 Å². The van der Waals surface area contributed by atoms with E-state index >= 15 is 0 Å². The van der Waals surface area contributed by atoms with Crippen molar-refractivity contribution in [1.82, 2.24) is 20.1 Å². The predicted octanol–water partition coefficient (Wildman–Crippen LogP) is 0.718. The fourth-order valence-corrected chi connectivity index (χ4v) is 3.81. The van der Waals surface area contributed by atoms with E-state index in [1.807, 2.05) is 43.3 Å². The van der Waals surface area contributed by atoms with Gasteiger partial charge in [-0.2, -0.15) is 0 Å². The number of aromatic amines is 1. The zero-order chi connectivity index (χ0) is 17.8. The number of amides is 3. The van der Waals surface area contributed by atoms with Gasteiger partial charge in [0.25, 0.3) is 5.91 Å². The van der Waals surface area contributed by atoms with Crippen LogP contribution in [0, 0.1) is 5.41 Å². The summed E-state index contributed by atoms with van der Waals surface area (Å²) in [6, 6.07) is 7.72. The highest BCUT2D eigenvalue weighted by molar-refractivity contribution is 6.11. The van der Waals surface area contributed by atoms with Crippen LogP contribution in [-0.2, 0) is 16.1 Å². The molecule has 3 heterocycles. The summed E-state index contributed by atoms with van der Waals surface area (Å²) in [4.78, 5) is 43.6. The fraction of sp³-hybridized carbons (Fsp3) is 0.389. The maximum Gasteiger partial charge on any atom is 0.256 e. The number of rotatable bonds is 3. The Morgan fingerprint density at radius 2 is 1.96 bits per heavy atom. The summed E-state index contributed by atoms with van der Waals surface area (Å²) in [6.45, 7) is 1.21. The number of nitrogens with one attached hydrogen (secondary N) is 2. The Morgan fingerprint density at radius 1 is 1.24 bits per heavy atom. The van der Waals surface area contributed by atoms with Crippen molar-refractivity contribution in [3.05, 3.63) is 35.5 Å². The Hall–Kier alpha value is -2.67. The largest absolute Gasteiger partial charge is 0.357 e. The van der Waals surface area contributed by atoms with Crippen molar-refractivity contribution in [1.29, 1.82) is 0 Å². The van der Waals surface area contributed by atoms with E-state index in [1.165, 1.54) is 0 Å². The first-order valence-corrected chi connectivity index (χ1v) is 8.27. The number of imide groups is 1. The van der Waals surface area contributed by atoms with Crippen LogP contribution in [0.15, 0.2) is 24.3 Å². The number of H-pyrrole nitrogens is 1. The van der Waals surface area contributed by atoms with Gasteiger partial charge in [-0.05, 0) is 20.2 Å². The quantitative estimate of drug-likeness (QED) is 0.806. The van der Waals surface area contributed by atoms with Crippen LogP contribution in [0.4, 0.5) is 0 Å². The molecule has 2 aliphatic heterocycles. The lowest BCUT2D eigenvalue weighted by atomic mass is 9.78. The fourth-order valence-electron chi connectivity index (χ4n) is 3.81. The van der Waals surface area contributed by atoms with Crippen LogP contribution in [0.25, 0.3) is 10.9 Å². The molecule has 130 valence electrons. The Bertz CT molecular complexity index is 893. The van der Waals surface area contributed by atoms with Gasteiger partial charge >= 0.3 is 0 Å². The molecule has 1 aromatic carbocycles. The zero-order valence-corrected chi connectivity index (χ0v) is 14.3. The van der Waals surface area contributed by atoms with Crippen molar-refractivity contribution in [3.8, 4) is 0 Å². The second kappa shape index (κ2) is 5.42. The third-order valence-electron chi connectivity index (χ3n) is 4.98. The van der Waals surface area contributed by atoms with Crippen LogP contribution in [0.3, 0.4) is 0 Å². The summed E-state index contributed by atoms with van der Waals surface area (Å²) in [6.07, 6.45) is 0.175. The minimum atomic E-state index is -0.722. The minimum absolute atomic E-state index is 0.0907. The number of nitrogens with zero attached hydrogens (tertiary/aromatic N) is 2. The molecular formula is C18H20N4O3. The molecule has 2 aromatic rings. The minimum Gasteiger partial charge on any atom is -0.357 e. The van der Waals surface area contributed by atoms with Crippen LogP contribution in [0.1, 0.15) is 22.5 Å². The van der Waals surface area contributed by atoms with E-state index in [4.69, 9.17) is 0 Å². The first-order chi connectivity index (χ1) is 11.9. The standard InChI is InChI=1S/C18H20N4O3/c1-21(2)8-13-15(11-5-3-4-6-12(11)19-13)16(24)22-9-18(10-22)7-14(23)20-17(18)25/h3-6,19H,7-10H2,1-2H3,(H,20,23,25). The van der Waals surface area contributed by atoms with E-state index in [-0.39, 0.29) is 24.1 Å². The van der Waals surface area contributed by atoms with Crippen molar-refractivity contribution in [2.75, 3.05) is 27.2 Å². The van der Waals surface area contributed by atoms with E-state index < -0.39 is 5.41 Å². The first kappa shape index (κ1) is 15.8. The van der Waals surface area contributed by atoms with Gasteiger partial charge in [0.2, 0.25) is 11.8 Å². The predicted molar refractivity (Wildman–Crippen MR) is 91.8 cm³/mol. The van der Waals surface area contributed by atoms with Gasteiger partial charge in [-0.25, -0.2) is 0 Å². The summed E-state index contributed by atoms with van der Waals surface area (Å²) >= 11 is 0. The maximum atomic E-state index is 13.1. The number of para-hydroxylation sites is 1. The number of hydrogen-bond acceptors (Lipinski definition) is 4. The van der Waals surface area contributed by atoms with Gasteiger partial charge in [0.05, 0.1) is 11.0 Å². The molecule has 7 heteroatoms. The molecule has 2 aliphatic rings. The van der Waals surface area contributed by atoms with Gasteiger partial charge in [0, 0.05) is 42.7 Å². The molecule has 1 spiro atoms. The van der Waals surface area contributed by atoms with Gasteiger partial charge in [0.1, 0.15) is 0 Å². The van der Waals surface area contributed by atoms with E-state index in [0.717, 1.165) is 16.6 Å². The second-order valence-electron chi connectivity index (χ2n) is 7.26. The molecule has 4 rings (SSSR count). The zero-order valence-electron chi connectivity index (χ0n) is 14.3. The number of fused-ring (bicyclic) bond motifs is 1. The molecule has 0 radical (unpaired) electrons. The summed E-state index contributed by atoms with van der Waals surface area (Å²) < 4.78 is 0. The van der Waals surface area contributed by atoms with Crippen LogP contribution in [0.5, 0.6) is 0 Å². The number of aromatic nitrogens is 1. The Morgan fingerprint density at radius 3 is 2.60 bits per heavy atom. The summed E-state index contributed by atoms with van der Waals surface area (Å²) in [5, 5.41) is 3.23. The highest BCUT2D eigenvalue weighted by Crippen LogP contribution is 2.39. The molecule has 25 heavy (non-hydrogen) atoms. The highest BCUT2D eigenvalue weighted by atomic mass is 16.2. The third kappa shape index (κ3) is 2.42. The van der Waals surface area contributed by atoms with Crippen LogP contribution in [0.2, 0.25) is 0 Å². The molecule has 3 amide bonds. The first-order valence-electron chi connectivity index (χ1n) is 8.27. The Kier molecular flexibility index (Phi) is 3.43. The maximum absolute atomic E-state index is 13.1. The third-order valence-corrected chi connectivity index (χ3v) is 4.98. The number of benzene rings is 1. The number of hydrogen-bond donors (Lipinski definition) is 2. The molecule has 2 saturated heterocycles. The van der Waals surface area contributed by atoms with Crippen LogP contribution >= 0.6 is 0 Å². The van der Waals surface area contributed by atoms with Crippen molar-refractivity contribution in [2.24, 2.45) is 5.41 Å². The van der Waals surface area contributed by atoms with Crippen molar-refractivity contribution >= 4 is 28.6 Å². The molecule has 7 nitrogen and oxygen atoms in total. The van der Waals surface area contributed by atoms with Gasteiger partial charge in [0.15, 0.2) is 0 Å². The number of carbonyl (C=O) groups excluding carboxylic acids is 3. The topological polar surface area (TPSA) is 85.5 Å². The summed E-state index contributed by atoms with van der Waals surface area (Å²) in [5.41, 5.74) is 1.72. The molecule has 0 unspecified atom stereocenters. The average molecular weight is 340 g/mol. The number of carbonyl (C=O) groups is 3. The molecule has 0 bridgehead atoms. The smallest absolute Gasteiger partial charge is 0.256 e. The van der Waals surface area contributed by atoms with Gasteiger partial charge < -0.3 is 14.8 Å². The highest BCUT2D eigenvalue weighted by Gasteiger charge is 2.56. The van der Waals surface area contributed by atoms with E-state index in [1.54, 1.807) is 4.90 Å². The monoisotopic (exact) mass is 340 g/mol. The second-order valence-corrected chi connectivity index (χ2v) is 7.26. The number of likely N-dealkylation sites (tertiary alicyclic amines) is 1. The summed E-state index contributed by atoms with van der Waals surface area (Å²) in [7, 11) is 3.90. The molecule has 0 aliphatic carbocycles. The lowest BCUT2D eigenvalue weighted by Crippen LogP contribution is -2.61.